The van der Waals surface area contributed by atoms with Gasteiger partial charge in [-0.05, 0) is 44.4 Å². The molecule has 5 heteroatoms. The molecule has 1 fully saturated rings. The third-order valence-corrected chi connectivity index (χ3v) is 3.70. The van der Waals surface area contributed by atoms with E-state index in [0.29, 0.717) is 21.9 Å². The van der Waals surface area contributed by atoms with E-state index in [-0.39, 0.29) is 6.10 Å². The first kappa shape index (κ1) is 15.9. The molecule has 0 bridgehead atoms. The zero-order valence-corrected chi connectivity index (χ0v) is 13.4. The zero-order chi connectivity index (χ0) is 14.5. The van der Waals surface area contributed by atoms with E-state index in [1.807, 2.05) is 26.0 Å². The van der Waals surface area contributed by atoms with E-state index >= 15 is 0 Å². The maximum atomic E-state index is 6.22. The van der Waals surface area contributed by atoms with Crippen molar-refractivity contribution in [3.8, 4) is 5.75 Å². The van der Waals surface area contributed by atoms with Crippen LogP contribution in [-0.2, 0) is 11.3 Å². The van der Waals surface area contributed by atoms with Crippen molar-refractivity contribution in [3.05, 3.63) is 27.7 Å². The van der Waals surface area contributed by atoms with Gasteiger partial charge in [-0.2, -0.15) is 0 Å². The highest BCUT2D eigenvalue weighted by molar-refractivity contribution is 6.37. The fourth-order valence-corrected chi connectivity index (χ4v) is 2.87. The molecule has 1 aromatic carbocycles. The molecule has 3 nitrogen and oxygen atoms in total. The first-order valence-electron chi connectivity index (χ1n) is 7.03. The van der Waals surface area contributed by atoms with E-state index in [0.717, 1.165) is 38.1 Å². The zero-order valence-electron chi connectivity index (χ0n) is 11.9. The van der Waals surface area contributed by atoms with Crippen LogP contribution in [0.5, 0.6) is 5.75 Å². The summed E-state index contributed by atoms with van der Waals surface area (Å²) in [7, 11) is 0. The third-order valence-electron chi connectivity index (χ3n) is 3.14. The van der Waals surface area contributed by atoms with Crippen molar-refractivity contribution in [2.24, 2.45) is 0 Å². The summed E-state index contributed by atoms with van der Waals surface area (Å²) in [6.45, 7) is 6.36. The van der Waals surface area contributed by atoms with Crippen LogP contribution < -0.4 is 10.1 Å². The Balaban J connectivity index is 1.91. The molecule has 1 unspecified atom stereocenters. The molecule has 0 aliphatic carbocycles. The van der Waals surface area contributed by atoms with Gasteiger partial charge < -0.3 is 14.8 Å². The fraction of sp³-hybridized carbons (Fsp3) is 0.600. The van der Waals surface area contributed by atoms with E-state index in [1.54, 1.807) is 0 Å². The summed E-state index contributed by atoms with van der Waals surface area (Å²) < 4.78 is 11.2. The summed E-state index contributed by atoms with van der Waals surface area (Å²) in [5.41, 5.74) is 1.05. The number of benzene rings is 1. The van der Waals surface area contributed by atoms with Crippen LogP contribution in [0.25, 0.3) is 0 Å². The molecular formula is C15H21Cl2NO2. The summed E-state index contributed by atoms with van der Waals surface area (Å²) >= 11 is 12.4. The van der Waals surface area contributed by atoms with Crippen LogP contribution in [0.2, 0.25) is 10.0 Å². The molecule has 2 rings (SSSR count). The van der Waals surface area contributed by atoms with Crippen molar-refractivity contribution in [2.75, 3.05) is 13.2 Å². The number of rotatable bonds is 6. The SMILES string of the molecule is CC(C)Oc1c(Cl)cc(CNCC2CCCO2)cc1Cl. The summed E-state index contributed by atoms with van der Waals surface area (Å²) in [6, 6.07) is 3.79. The van der Waals surface area contributed by atoms with Crippen molar-refractivity contribution >= 4 is 23.2 Å². The first-order valence-corrected chi connectivity index (χ1v) is 7.78. The van der Waals surface area contributed by atoms with E-state index in [2.05, 4.69) is 5.32 Å². The van der Waals surface area contributed by atoms with E-state index in [9.17, 15) is 0 Å². The standard InChI is InChI=1S/C15H21Cl2NO2/c1-10(2)20-15-13(16)6-11(7-14(15)17)8-18-9-12-4-3-5-19-12/h6-7,10,12,18H,3-5,8-9H2,1-2H3. The molecule has 0 spiro atoms. The van der Waals surface area contributed by atoms with Gasteiger partial charge >= 0.3 is 0 Å². The number of nitrogens with one attached hydrogen (secondary N) is 1. The van der Waals surface area contributed by atoms with Gasteiger partial charge in [0, 0.05) is 19.7 Å². The Hall–Kier alpha value is -0.480. The smallest absolute Gasteiger partial charge is 0.156 e. The Morgan fingerprint density at radius 2 is 2.05 bits per heavy atom. The highest BCUT2D eigenvalue weighted by Gasteiger charge is 2.15. The van der Waals surface area contributed by atoms with E-state index in [1.165, 1.54) is 0 Å². The van der Waals surface area contributed by atoms with Crippen molar-refractivity contribution in [2.45, 2.75) is 45.4 Å². The van der Waals surface area contributed by atoms with Crippen LogP contribution in [-0.4, -0.2) is 25.4 Å². The molecule has 1 aliphatic rings. The maximum absolute atomic E-state index is 6.22. The molecule has 0 saturated carbocycles. The van der Waals surface area contributed by atoms with Crippen molar-refractivity contribution in [1.82, 2.24) is 5.32 Å². The monoisotopic (exact) mass is 317 g/mol. The molecule has 1 saturated heterocycles. The van der Waals surface area contributed by atoms with Crippen molar-refractivity contribution < 1.29 is 9.47 Å². The minimum absolute atomic E-state index is 0.0495. The molecule has 1 atom stereocenters. The lowest BCUT2D eigenvalue weighted by Crippen LogP contribution is -2.25. The van der Waals surface area contributed by atoms with Gasteiger partial charge in [-0.25, -0.2) is 0 Å². The highest BCUT2D eigenvalue weighted by atomic mass is 35.5. The summed E-state index contributed by atoms with van der Waals surface area (Å²) in [5, 5.41) is 4.49. The lowest BCUT2D eigenvalue weighted by molar-refractivity contribution is 0.110. The Kier molecular flexibility index (Phi) is 5.97. The van der Waals surface area contributed by atoms with Crippen molar-refractivity contribution in [1.29, 1.82) is 0 Å². The Labute approximate surface area is 130 Å². The maximum Gasteiger partial charge on any atom is 0.156 e. The number of halogens is 2. The second kappa shape index (κ2) is 7.51. The normalized spacial score (nSPS) is 18.8. The average Bonchev–Trinajstić information content (AvgIpc) is 2.87. The summed E-state index contributed by atoms with van der Waals surface area (Å²) in [4.78, 5) is 0. The number of hydrogen-bond donors (Lipinski definition) is 1. The molecule has 112 valence electrons. The molecule has 1 N–H and O–H groups in total. The summed E-state index contributed by atoms with van der Waals surface area (Å²) in [5.74, 6) is 0.561. The minimum Gasteiger partial charge on any atom is -0.488 e. The molecule has 0 aromatic heterocycles. The van der Waals surface area contributed by atoms with Crippen LogP contribution in [0.1, 0.15) is 32.3 Å². The van der Waals surface area contributed by atoms with Crippen LogP contribution in [0.15, 0.2) is 12.1 Å². The van der Waals surface area contributed by atoms with E-state index < -0.39 is 0 Å². The Bertz CT molecular complexity index is 422. The first-order chi connectivity index (χ1) is 9.56. The quantitative estimate of drug-likeness (QED) is 0.858. The highest BCUT2D eigenvalue weighted by Crippen LogP contribution is 2.34. The Morgan fingerprint density at radius 3 is 2.60 bits per heavy atom. The summed E-state index contributed by atoms with van der Waals surface area (Å²) in [6.07, 6.45) is 2.68. The van der Waals surface area contributed by atoms with E-state index in [4.69, 9.17) is 32.7 Å². The van der Waals surface area contributed by atoms with Crippen LogP contribution in [0.3, 0.4) is 0 Å². The predicted octanol–water partition coefficient (Wildman–Crippen LogP) is 4.05. The largest absolute Gasteiger partial charge is 0.488 e. The van der Waals surface area contributed by atoms with Gasteiger partial charge in [-0.1, -0.05) is 23.2 Å². The van der Waals surface area contributed by atoms with Gasteiger partial charge in [0.25, 0.3) is 0 Å². The second-order valence-electron chi connectivity index (χ2n) is 5.32. The molecule has 0 amide bonds. The molecule has 1 aliphatic heterocycles. The fourth-order valence-electron chi connectivity index (χ4n) is 2.25. The molecule has 1 aromatic rings. The Morgan fingerprint density at radius 1 is 1.35 bits per heavy atom. The number of ether oxygens (including phenoxy) is 2. The molecular weight excluding hydrogens is 297 g/mol. The van der Waals surface area contributed by atoms with Crippen LogP contribution >= 0.6 is 23.2 Å². The second-order valence-corrected chi connectivity index (χ2v) is 6.14. The molecule has 1 heterocycles. The van der Waals surface area contributed by atoms with Gasteiger partial charge in [0.1, 0.15) is 0 Å². The van der Waals surface area contributed by atoms with Gasteiger partial charge in [0.2, 0.25) is 0 Å². The molecule has 0 radical (unpaired) electrons. The lowest BCUT2D eigenvalue weighted by Gasteiger charge is -2.15. The van der Waals surface area contributed by atoms with Crippen LogP contribution in [0.4, 0.5) is 0 Å². The topological polar surface area (TPSA) is 30.5 Å². The predicted molar refractivity (Wildman–Crippen MR) is 82.9 cm³/mol. The average molecular weight is 318 g/mol. The molecule has 20 heavy (non-hydrogen) atoms. The lowest BCUT2D eigenvalue weighted by atomic mass is 10.2. The van der Waals surface area contributed by atoms with Gasteiger partial charge in [0.15, 0.2) is 5.75 Å². The van der Waals surface area contributed by atoms with Gasteiger partial charge in [-0.3, -0.25) is 0 Å². The van der Waals surface area contributed by atoms with Crippen molar-refractivity contribution in [3.63, 3.8) is 0 Å². The van der Waals surface area contributed by atoms with Gasteiger partial charge in [0.05, 0.1) is 22.3 Å². The minimum atomic E-state index is 0.0495. The number of hydrogen-bond acceptors (Lipinski definition) is 3. The van der Waals surface area contributed by atoms with Gasteiger partial charge in [-0.15, -0.1) is 0 Å². The van der Waals surface area contributed by atoms with Crippen LogP contribution in [0, 0.1) is 0 Å². The third kappa shape index (κ3) is 4.52.